The van der Waals surface area contributed by atoms with Crippen molar-refractivity contribution in [1.82, 2.24) is 14.2 Å². The minimum Gasteiger partial charge on any atom is -0.349 e. The van der Waals surface area contributed by atoms with Gasteiger partial charge < -0.3 is 9.88 Å². The van der Waals surface area contributed by atoms with Crippen LogP contribution in [0, 0.1) is 5.92 Å². The zero-order chi connectivity index (χ0) is 14.8. The largest absolute Gasteiger partial charge is 0.349 e. The van der Waals surface area contributed by atoms with Crippen molar-refractivity contribution in [3.63, 3.8) is 0 Å². The van der Waals surface area contributed by atoms with Crippen molar-refractivity contribution in [3.8, 4) is 0 Å². The van der Waals surface area contributed by atoms with Gasteiger partial charge in [0.2, 0.25) is 10.0 Å². The second kappa shape index (κ2) is 6.28. The Morgan fingerprint density at radius 1 is 1.35 bits per heavy atom. The van der Waals surface area contributed by atoms with Crippen LogP contribution in [0.5, 0.6) is 0 Å². The third kappa shape index (κ3) is 3.07. The molecule has 5 nitrogen and oxygen atoms in total. The van der Waals surface area contributed by atoms with Crippen LogP contribution >= 0.6 is 0 Å². The van der Waals surface area contributed by atoms with Crippen molar-refractivity contribution in [1.29, 1.82) is 0 Å². The van der Waals surface area contributed by atoms with Crippen molar-refractivity contribution < 1.29 is 8.42 Å². The zero-order valence-electron chi connectivity index (χ0n) is 12.6. The number of sulfonamides is 1. The molecule has 114 valence electrons. The van der Waals surface area contributed by atoms with Crippen LogP contribution in [0.4, 0.5) is 0 Å². The van der Waals surface area contributed by atoms with E-state index in [0.717, 1.165) is 25.1 Å². The molecule has 1 aliphatic heterocycles. The quantitative estimate of drug-likeness (QED) is 0.899. The summed E-state index contributed by atoms with van der Waals surface area (Å²) in [6.07, 6.45) is 3.67. The van der Waals surface area contributed by atoms with Gasteiger partial charge in [-0.2, -0.15) is 4.31 Å². The van der Waals surface area contributed by atoms with Gasteiger partial charge in [-0.25, -0.2) is 8.42 Å². The number of aromatic nitrogens is 1. The highest BCUT2D eigenvalue weighted by molar-refractivity contribution is 7.89. The molecule has 20 heavy (non-hydrogen) atoms. The Kier molecular flexibility index (Phi) is 4.88. The third-order valence-electron chi connectivity index (χ3n) is 4.04. The maximum atomic E-state index is 12.7. The first kappa shape index (κ1) is 15.5. The molecule has 1 aromatic rings. The molecular formula is C14H25N3O2S. The Morgan fingerprint density at radius 2 is 2.00 bits per heavy atom. The Balaban J connectivity index is 2.25. The molecule has 0 aromatic carbocycles. The molecule has 1 N–H and O–H groups in total. The fourth-order valence-corrected chi connectivity index (χ4v) is 4.20. The molecule has 2 rings (SSSR count). The molecule has 0 aliphatic carbocycles. The third-order valence-corrected chi connectivity index (χ3v) is 5.90. The van der Waals surface area contributed by atoms with Gasteiger partial charge in [-0.1, -0.05) is 6.92 Å². The summed E-state index contributed by atoms with van der Waals surface area (Å²) in [6.45, 7) is 6.95. The lowest BCUT2D eigenvalue weighted by Crippen LogP contribution is -2.37. The van der Waals surface area contributed by atoms with E-state index in [2.05, 4.69) is 12.2 Å². The second-order valence-electron chi connectivity index (χ2n) is 5.57. The number of hydrogen-bond donors (Lipinski definition) is 1. The summed E-state index contributed by atoms with van der Waals surface area (Å²) >= 11 is 0. The maximum absolute atomic E-state index is 12.7. The number of hydrogen-bond acceptors (Lipinski definition) is 3. The molecule has 0 atom stereocenters. The fraction of sp³-hybridized carbons (Fsp3) is 0.714. The van der Waals surface area contributed by atoms with Gasteiger partial charge in [-0.15, -0.1) is 0 Å². The van der Waals surface area contributed by atoms with Gasteiger partial charge in [-0.3, -0.25) is 0 Å². The van der Waals surface area contributed by atoms with Crippen LogP contribution in [0.15, 0.2) is 17.2 Å². The lowest BCUT2D eigenvalue weighted by Gasteiger charge is -2.29. The van der Waals surface area contributed by atoms with Crippen LogP contribution in [0.25, 0.3) is 0 Å². The van der Waals surface area contributed by atoms with E-state index in [4.69, 9.17) is 0 Å². The lowest BCUT2D eigenvalue weighted by molar-refractivity contribution is 0.288. The average molecular weight is 299 g/mol. The highest BCUT2D eigenvalue weighted by Crippen LogP contribution is 2.24. The van der Waals surface area contributed by atoms with Crippen molar-refractivity contribution in [2.45, 2.75) is 44.7 Å². The molecule has 1 saturated heterocycles. The van der Waals surface area contributed by atoms with Crippen LogP contribution in [0.1, 0.15) is 32.4 Å². The predicted molar refractivity (Wildman–Crippen MR) is 80.0 cm³/mol. The first-order valence-corrected chi connectivity index (χ1v) is 8.76. The lowest BCUT2D eigenvalue weighted by atomic mass is 10.0. The molecule has 0 amide bonds. The van der Waals surface area contributed by atoms with Gasteiger partial charge in [0.15, 0.2) is 0 Å². The Bertz CT molecular complexity index is 543. The van der Waals surface area contributed by atoms with Gasteiger partial charge in [-0.05, 0) is 38.8 Å². The van der Waals surface area contributed by atoms with E-state index in [1.165, 1.54) is 0 Å². The number of rotatable bonds is 5. The fourth-order valence-electron chi connectivity index (χ4n) is 2.66. The summed E-state index contributed by atoms with van der Waals surface area (Å²) in [5.74, 6) is 0.626. The van der Waals surface area contributed by atoms with E-state index in [9.17, 15) is 8.42 Å². The van der Waals surface area contributed by atoms with Crippen LogP contribution < -0.4 is 5.32 Å². The van der Waals surface area contributed by atoms with E-state index in [0.29, 0.717) is 30.4 Å². The molecule has 0 spiro atoms. The summed E-state index contributed by atoms with van der Waals surface area (Å²) in [5.41, 5.74) is 1.01. The van der Waals surface area contributed by atoms with Gasteiger partial charge in [0.1, 0.15) is 4.90 Å². The van der Waals surface area contributed by atoms with Gasteiger partial charge in [0, 0.05) is 38.1 Å². The van der Waals surface area contributed by atoms with E-state index in [1.54, 1.807) is 16.6 Å². The molecule has 0 saturated carbocycles. The minimum atomic E-state index is -3.33. The van der Waals surface area contributed by atoms with Crippen molar-refractivity contribution in [3.05, 3.63) is 18.0 Å². The van der Waals surface area contributed by atoms with E-state index < -0.39 is 10.0 Å². The van der Waals surface area contributed by atoms with E-state index in [-0.39, 0.29) is 0 Å². The topological polar surface area (TPSA) is 54.3 Å². The summed E-state index contributed by atoms with van der Waals surface area (Å²) in [6, 6.07) is 1.80. The number of nitrogens with one attached hydrogen (secondary N) is 1. The predicted octanol–water partition coefficient (Wildman–Crippen LogP) is 1.65. The SMILES string of the molecule is CCn1cc(S(=O)(=O)N2CCC(C)CC2)cc1CNC. The molecule has 0 unspecified atom stereocenters. The molecular weight excluding hydrogens is 274 g/mol. The second-order valence-corrected chi connectivity index (χ2v) is 7.51. The smallest absolute Gasteiger partial charge is 0.244 e. The zero-order valence-corrected chi connectivity index (χ0v) is 13.4. The van der Waals surface area contributed by atoms with Crippen molar-refractivity contribution in [2.75, 3.05) is 20.1 Å². The number of piperidine rings is 1. The summed E-state index contributed by atoms with van der Waals surface area (Å²) in [7, 11) is -1.46. The molecule has 2 heterocycles. The van der Waals surface area contributed by atoms with Crippen LogP contribution in [0.2, 0.25) is 0 Å². The standard InChI is InChI=1S/C14H25N3O2S/c1-4-16-11-14(9-13(16)10-15-3)20(18,19)17-7-5-12(2)6-8-17/h9,11-12,15H,4-8,10H2,1-3H3. The maximum Gasteiger partial charge on any atom is 0.244 e. The molecule has 1 fully saturated rings. The first-order valence-electron chi connectivity index (χ1n) is 7.32. The Morgan fingerprint density at radius 3 is 2.55 bits per heavy atom. The monoisotopic (exact) mass is 299 g/mol. The summed E-state index contributed by atoms with van der Waals surface area (Å²) in [5, 5.41) is 3.08. The average Bonchev–Trinajstić information content (AvgIpc) is 2.83. The highest BCUT2D eigenvalue weighted by Gasteiger charge is 2.29. The molecule has 1 aliphatic rings. The first-order chi connectivity index (χ1) is 9.48. The van der Waals surface area contributed by atoms with Crippen LogP contribution in [-0.4, -0.2) is 37.4 Å². The van der Waals surface area contributed by atoms with E-state index >= 15 is 0 Å². The minimum absolute atomic E-state index is 0.430. The van der Waals surface area contributed by atoms with Gasteiger partial charge in [0.05, 0.1) is 0 Å². The van der Waals surface area contributed by atoms with Gasteiger partial charge >= 0.3 is 0 Å². The number of nitrogens with zero attached hydrogens (tertiary/aromatic N) is 2. The number of aryl methyl sites for hydroxylation is 1. The Hall–Kier alpha value is -0.850. The van der Waals surface area contributed by atoms with Crippen LogP contribution in [-0.2, 0) is 23.1 Å². The highest BCUT2D eigenvalue weighted by atomic mass is 32.2. The summed E-state index contributed by atoms with van der Waals surface area (Å²) in [4.78, 5) is 0.430. The van der Waals surface area contributed by atoms with Crippen LogP contribution in [0.3, 0.4) is 0 Å². The van der Waals surface area contributed by atoms with Crippen molar-refractivity contribution in [2.24, 2.45) is 5.92 Å². The van der Waals surface area contributed by atoms with E-state index in [1.807, 2.05) is 18.5 Å². The van der Waals surface area contributed by atoms with Crippen molar-refractivity contribution >= 4 is 10.0 Å². The molecule has 0 bridgehead atoms. The molecule has 6 heteroatoms. The molecule has 1 aromatic heterocycles. The normalized spacial score (nSPS) is 18.6. The molecule has 0 radical (unpaired) electrons. The van der Waals surface area contributed by atoms with Gasteiger partial charge in [0.25, 0.3) is 0 Å². The Labute approximate surface area is 122 Å². The summed E-state index contributed by atoms with van der Waals surface area (Å²) < 4.78 is 29.0.